The second-order valence-electron chi connectivity index (χ2n) is 9.72. The Balaban J connectivity index is 1.63. The second kappa shape index (κ2) is 13.2. The van der Waals surface area contributed by atoms with Gasteiger partial charge < -0.3 is 23.4 Å². The molecule has 234 valence electrons. The number of aromatic nitrogens is 1. The van der Waals surface area contributed by atoms with E-state index in [0.29, 0.717) is 62.4 Å². The molecule has 1 aliphatic heterocycles. The summed E-state index contributed by atoms with van der Waals surface area (Å²) >= 11 is 1.16. The highest BCUT2D eigenvalue weighted by molar-refractivity contribution is 7.07. The Labute approximate surface area is 261 Å². The summed E-state index contributed by atoms with van der Waals surface area (Å²) in [6.07, 6.45) is 1.59. The summed E-state index contributed by atoms with van der Waals surface area (Å²) in [6, 6.07) is 12.1. The zero-order valence-electron chi connectivity index (χ0n) is 25.3. The van der Waals surface area contributed by atoms with Crippen LogP contribution >= 0.6 is 11.3 Å². The van der Waals surface area contributed by atoms with E-state index < -0.39 is 16.9 Å². The van der Waals surface area contributed by atoms with Gasteiger partial charge in [0.05, 0.1) is 65.3 Å². The number of thiazole rings is 1. The number of carbonyl (C=O) groups excluding carboxylic acids is 1. The molecule has 4 aromatic rings. The molecule has 0 amide bonds. The average Bonchev–Trinajstić information content (AvgIpc) is 3.61. The first-order chi connectivity index (χ1) is 21.7. The van der Waals surface area contributed by atoms with Gasteiger partial charge in [0, 0.05) is 12.1 Å². The molecule has 0 aliphatic carbocycles. The number of nitro benzene ring substituents is 1. The molecule has 2 aromatic heterocycles. The number of esters is 1. The van der Waals surface area contributed by atoms with E-state index in [9.17, 15) is 19.7 Å². The summed E-state index contributed by atoms with van der Waals surface area (Å²) in [5.41, 5.74) is 1.32. The molecule has 0 spiro atoms. The third kappa shape index (κ3) is 6.11. The zero-order chi connectivity index (χ0) is 32.2. The lowest BCUT2D eigenvalue weighted by molar-refractivity contribution is -0.384. The fraction of sp³-hybridized carbons (Fsp3) is 0.281. The van der Waals surface area contributed by atoms with Crippen molar-refractivity contribution in [1.82, 2.24) is 4.57 Å². The Hall–Kier alpha value is -5.17. The van der Waals surface area contributed by atoms with Gasteiger partial charge in [0.1, 0.15) is 17.3 Å². The van der Waals surface area contributed by atoms with Crippen LogP contribution in [0.4, 0.5) is 5.69 Å². The quantitative estimate of drug-likeness (QED) is 0.130. The third-order valence-electron chi connectivity index (χ3n) is 6.96. The van der Waals surface area contributed by atoms with E-state index in [1.54, 1.807) is 56.3 Å². The number of allylic oxidation sites excluding steroid dienone is 1. The molecule has 0 saturated carbocycles. The standard InChI is InChI=1S/C32H31N3O9S/c1-6-41-24-13-9-19(15-26(24)42-7-2)29-28(31(37)43-8-3)18(4)33-32-34(29)30(36)27(45-32)17-21-11-14-23(44-21)22-12-10-20(35(38)39)16-25(22)40-5/h9-17,29H,6-8H2,1-5H3/b27-17-/t29-/m0/s1. The third-order valence-corrected chi connectivity index (χ3v) is 7.94. The molecule has 12 nitrogen and oxygen atoms in total. The van der Waals surface area contributed by atoms with Crippen LogP contribution in [0.5, 0.6) is 17.2 Å². The minimum atomic E-state index is -0.839. The van der Waals surface area contributed by atoms with E-state index in [1.165, 1.54) is 23.8 Å². The number of hydrogen-bond donors (Lipinski definition) is 0. The molecule has 0 fully saturated rings. The highest BCUT2D eigenvalue weighted by atomic mass is 32.1. The average molecular weight is 634 g/mol. The molecule has 3 heterocycles. The number of rotatable bonds is 11. The van der Waals surface area contributed by atoms with Crippen LogP contribution in [-0.2, 0) is 9.53 Å². The highest BCUT2D eigenvalue weighted by Crippen LogP contribution is 2.37. The Morgan fingerprint density at radius 2 is 1.80 bits per heavy atom. The van der Waals surface area contributed by atoms with Crippen molar-refractivity contribution < 1.29 is 33.1 Å². The Kier molecular flexibility index (Phi) is 9.18. The van der Waals surface area contributed by atoms with Crippen LogP contribution in [0.2, 0.25) is 0 Å². The smallest absolute Gasteiger partial charge is 0.338 e. The number of nitro groups is 1. The van der Waals surface area contributed by atoms with Crippen LogP contribution in [0, 0.1) is 10.1 Å². The van der Waals surface area contributed by atoms with Gasteiger partial charge in [0.15, 0.2) is 16.3 Å². The van der Waals surface area contributed by atoms with Gasteiger partial charge in [-0.3, -0.25) is 19.5 Å². The summed E-state index contributed by atoms with van der Waals surface area (Å²) in [4.78, 5) is 43.0. The van der Waals surface area contributed by atoms with E-state index in [4.69, 9.17) is 23.4 Å². The fourth-order valence-corrected chi connectivity index (χ4v) is 6.07. The van der Waals surface area contributed by atoms with Crippen LogP contribution in [0.3, 0.4) is 0 Å². The van der Waals surface area contributed by atoms with Crippen LogP contribution in [0.25, 0.3) is 17.4 Å². The van der Waals surface area contributed by atoms with Gasteiger partial charge in [-0.05, 0) is 63.6 Å². The maximum atomic E-state index is 14.0. The first kappa shape index (κ1) is 31.3. The second-order valence-corrected chi connectivity index (χ2v) is 10.7. The molecular weight excluding hydrogens is 602 g/mol. The maximum absolute atomic E-state index is 14.0. The summed E-state index contributed by atoms with van der Waals surface area (Å²) in [7, 11) is 1.41. The number of ether oxygens (including phenoxy) is 4. The Bertz CT molecular complexity index is 1990. The molecule has 2 aromatic carbocycles. The molecule has 0 radical (unpaired) electrons. The van der Waals surface area contributed by atoms with Crippen molar-refractivity contribution in [2.75, 3.05) is 26.9 Å². The van der Waals surface area contributed by atoms with Gasteiger partial charge in [0.25, 0.3) is 11.2 Å². The van der Waals surface area contributed by atoms with Crippen molar-refractivity contribution in [3.63, 3.8) is 0 Å². The lowest BCUT2D eigenvalue weighted by atomic mass is 9.95. The van der Waals surface area contributed by atoms with Gasteiger partial charge in [-0.25, -0.2) is 9.79 Å². The predicted octanol–water partition coefficient (Wildman–Crippen LogP) is 4.77. The zero-order valence-corrected chi connectivity index (χ0v) is 26.1. The SMILES string of the molecule is CCOC(=O)C1=C(C)N=c2s/c(=C\c3ccc(-c4ccc([N+](=O)[O-])cc4OC)o3)c(=O)n2[C@H]1c1ccc(OCC)c(OCC)c1. The lowest BCUT2D eigenvalue weighted by Crippen LogP contribution is -2.40. The molecule has 45 heavy (non-hydrogen) atoms. The summed E-state index contributed by atoms with van der Waals surface area (Å²) in [6.45, 7) is 8.14. The first-order valence-corrected chi connectivity index (χ1v) is 15.0. The Morgan fingerprint density at radius 3 is 2.49 bits per heavy atom. The monoisotopic (exact) mass is 633 g/mol. The van der Waals surface area contributed by atoms with E-state index >= 15 is 0 Å². The van der Waals surface area contributed by atoms with Crippen LogP contribution in [0.15, 0.2) is 74.0 Å². The minimum absolute atomic E-state index is 0.114. The number of fused-ring (bicyclic) bond motifs is 1. The van der Waals surface area contributed by atoms with Crippen molar-refractivity contribution in [1.29, 1.82) is 0 Å². The minimum Gasteiger partial charge on any atom is -0.496 e. The van der Waals surface area contributed by atoms with Gasteiger partial charge in [-0.15, -0.1) is 0 Å². The van der Waals surface area contributed by atoms with Crippen molar-refractivity contribution in [3.05, 3.63) is 101 Å². The molecular formula is C32H31N3O9S. The lowest BCUT2D eigenvalue weighted by Gasteiger charge is -2.25. The normalized spacial score (nSPS) is 14.5. The maximum Gasteiger partial charge on any atom is 0.338 e. The number of non-ortho nitro benzene ring substituents is 1. The van der Waals surface area contributed by atoms with Gasteiger partial charge in [-0.2, -0.15) is 0 Å². The number of methoxy groups -OCH3 is 1. The largest absolute Gasteiger partial charge is 0.496 e. The highest BCUT2D eigenvalue weighted by Gasteiger charge is 2.34. The van der Waals surface area contributed by atoms with E-state index in [0.717, 1.165) is 11.3 Å². The van der Waals surface area contributed by atoms with Crippen molar-refractivity contribution in [3.8, 4) is 28.6 Å². The molecule has 0 unspecified atom stereocenters. The number of furan rings is 1. The van der Waals surface area contributed by atoms with Crippen molar-refractivity contribution >= 4 is 29.1 Å². The van der Waals surface area contributed by atoms with Crippen LogP contribution in [0.1, 0.15) is 45.1 Å². The van der Waals surface area contributed by atoms with Crippen molar-refractivity contribution in [2.24, 2.45) is 4.99 Å². The van der Waals surface area contributed by atoms with E-state index in [2.05, 4.69) is 4.99 Å². The molecule has 5 rings (SSSR count). The van der Waals surface area contributed by atoms with Gasteiger partial charge >= 0.3 is 5.97 Å². The predicted molar refractivity (Wildman–Crippen MR) is 167 cm³/mol. The fourth-order valence-electron chi connectivity index (χ4n) is 5.05. The summed E-state index contributed by atoms with van der Waals surface area (Å²) in [5, 5.41) is 11.2. The van der Waals surface area contributed by atoms with Crippen LogP contribution in [-0.4, -0.2) is 42.4 Å². The molecule has 0 bridgehead atoms. The topological polar surface area (TPSA) is 145 Å². The number of carbonyl (C=O) groups is 1. The molecule has 1 atom stereocenters. The van der Waals surface area contributed by atoms with E-state index in [1.807, 2.05) is 13.8 Å². The molecule has 1 aliphatic rings. The molecule has 0 saturated heterocycles. The molecule has 13 heteroatoms. The van der Waals surface area contributed by atoms with Crippen LogP contribution < -0.4 is 29.1 Å². The summed E-state index contributed by atoms with van der Waals surface area (Å²) < 4.78 is 30.1. The number of nitrogens with zero attached hydrogens (tertiary/aromatic N) is 3. The molecule has 0 N–H and O–H groups in total. The number of hydrogen-bond acceptors (Lipinski definition) is 11. The van der Waals surface area contributed by atoms with Crippen molar-refractivity contribution in [2.45, 2.75) is 33.7 Å². The van der Waals surface area contributed by atoms with Gasteiger partial charge in [-0.1, -0.05) is 17.4 Å². The van der Waals surface area contributed by atoms with Gasteiger partial charge in [0.2, 0.25) is 0 Å². The van der Waals surface area contributed by atoms with E-state index in [-0.39, 0.29) is 29.2 Å². The Morgan fingerprint density at radius 1 is 1.04 bits per heavy atom. The number of benzene rings is 2. The summed E-state index contributed by atoms with van der Waals surface area (Å²) in [5.74, 6) is 1.50. The first-order valence-electron chi connectivity index (χ1n) is 14.2.